The number of carboxylic acid groups (broad SMARTS) is 1. The summed E-state index contributed by atoms with van der Waals surface area (Å²) in [6.45, 7) is 6.05. The van der Waals surface area contributed by atoms with Crippen molar-refractivity contribution < 1.29 is 14.3 Å². The molecule has 1 heterocycles. The highest BCUT2D eigenvalue weighted by Gasteiger charge is 2.32. The SMILES string of the molecule is CC(C)c1nc(C2CCCC2C)oc1C(=O)O. The maximum atomic E-state index is 11.1. The summed E-state index contributed by atoms with van der Waals surface area (Å²) in [6.07, 6.45) is 3.40. The second-order valence-corrected chi connectivity index (χ2v) is 5.24. The van der Waals surface area contributed by atoms with Gasteiger partial charge in [-0.3, -0.25) is 0 Å². The highest BCUT2D eigenvalue weighted by molar-refractivity contribution is 5.85. The Hall–Kier alpha value is -1.32. The van der Waals surface area contributed by atoms with Crippen LogP contribution in [0.15, 0.2) is 4.42 Å². The fraction of sp³-hybridized carbons (Fsp3) is 0.692. The molecule has 1 aromatic rings. The lowest BCUT2D eigenvalue weighted by Gasteiger charge is -2.09. The van der Waals surface area contributed by atoms with Crippen molar-refractivity contribution in [3.63, 3.8) is 0 Å². The number of carbonyl (C=O) groups is 1. The summed E-state index contributed by atoms with van der Waals surface area (Å²) in [5.74, 6) is 0.537. The second kappa shape index (κ2) is 4.51. The summed E-state index contributed by atoms with van der Waals surface area (Å²) >= 11 is 0. The Morgan fingerprint density at radius 3 is 2.59 bits per heavy atom. The first-order chi connectivity index (χ1) is 8.00. The minimum Gasteiger partial charge on any atom is -0.475 e. The van der Waals surface area contributed by atoms with E-state index >= 15 is 0 Å². The van der Waals surface area contributed by atoms with Gasteiger partial charge < -0.3 is 9.52 Å². The number of aromatic carboxylic acids is 1. The van der Waals surface area contributed by atoms with Crippen molar-refractivity contribution in [2.24, 2.45) is 5.92 Å². The summed E-state index contributed by atoms with van der Waals surface area (Å²) in [7, 11) is 0. The quantitative estimate of drug-likeness (QED) is 0.875. The molecule has 1 aromatic heterocycles. The van der Waals surface area contributed by atoms with E-state index in [2.05, 4.69) is 11.9 Å². The van der Waals surface area contributed by atoms with Crippen LogP contribution in [0.5, 0.6) is 0 Å². The molecular formula is C13H19NO3. The fourth-order valence-corrected chi connectivity index (χ4v) is 2.56. The van der Waals surface area contributed by atoms with Gasteiger partial charge in [0.15, 0.2) is 5.89 Å². The smallest absolute Gasteiger partial charge is 0.373 e. The van der Waals surface area contributed by atoms with E-state index in [0.29, 0.717) is 23.4 Å². The lowest BCUT2D eigenvalue weighted by Crippen LogP contribution is -2.02. The van der Waals surface area contributed by atoms with Crippen LogP contribution in [0.4, 0.5) is 0 Å². The normalized spacial score (nSPS) is 24.5. The lowest BCUT2D eigenvalue weighted by atomic mass is 9.98. The zero-order valence-electron chi connectivity index (χ0n) is 10.6. The summed E-state index contributed by atoms with van der Waals surface area (Å²) in [6, 6.07) is 0. The van der Waals surface area contributed by atoms with Crippen LogP contribution in [-0.2, 0) is 0 Å². The van der Waals surface area contributed by atoms with Gasteiger partial charge in [0, 0.05) is 5.92 Å². The Bertz CT molecular complexity index is 422. The molecule has 1 aliphatic carbocycles. The predicted octanol–water partition coefficient (Wildman–Crippen LogP) is 3.40. The van der Waals surface area contributed by atoms with Crippen LogP contribution in [0.25, 0.3) is 0 Å². The van der Waals surface area contributed by atoms with Crippen molar-refractivity contribution in [2.45, 2.75) is 51.9 Å². The first-order valence-electron chi connectivity index (χ1n) is 6.24. The molecule has 17 heavy (non-hydrogen) atoms. The maximum absolute atomic E-state index is 11.1. The third-order valence-corrected chi connectivity index (χ3v) is 3.59. The zero-order chi connectivity index (χ0) is 12.6. The number of rotatable bonds is 3. The van der Waals surface area contributed by atoms with Gasteiger partial charge in [-0.2, -0.15) is 0 Å². The van der Waals surface area contributed by atoms with Crippen LogP contribution in [0.2, 0.25) is 0 Å². The van der Waals surface area contributed by atoms with E-state index in [4.69, 9.17) is 9.52 Å². The third kappa shape index (κ3) is 2.21. The van der Waals surface area contributed by atoms with Gasteiger partial charge in [-0.25, -0.2) is 9.78 Å². The Morgan fingerprint density at radius 1 is 1.47 bits per heavy atom. The van der Waals surface area contributed by atoms with Crippen molar-refractivity contribution in [3.05, 3.63) is 17.3 Å². The molecule has 0 spiro atoms. The van der Waals surface area contributed by atoms with Gasteiger partial charge in [-0.1, -0.05) is 27.2 Å². The molecule has 0 amide bonds. The Labute approximate surface area is 101 Å². The Balaban J connectivity index is 2.36. The third-order valence-electron chi connectivity index (χ3n) is 3.59. The van der Waals surface area contributed by atoms with Crippen molar-refractivity contribution in [2.75, 3.05) is 0 Å². The minimum atomic E-state index is -1.02. The first-order valence-corrected chi connectivity index (χ1v) is 6.24. The molecule has 1 fully saturated rings. The maximum Gasteiger partial charge on any atom is 0.373 e. The zero-order valence-corrected chi connectivity index (χ0v) is 10.6. The van der Waals surface area contributed by atoms with Crippen LogP contribution < -0.4 is 0 Å². The molecule has 2 rings (SSSR count). The molecule has 2 atom stereocenters. The molecule has 2 unspecified atom stereocenters. The molecule has 1 saturated carbocycles. The fourth-order valence-electron chi connectivity index (χ4n) is 2.56. The number of hydrogen-bond acceptors (Lipinski definition) is 3. The average Bonchev–Trinajstić information content (AvgIpc) is 2.82. The van der Waals surface area contributed by atoms with Gasteiger partial charge >= 0.3 is 5.97 Å². The van der Waals surface area contributed by atoms with E-state index < -0.39 is 5.97 Å². The predicted molar refractivity (Wildman–Crippen MR) is 63.3 cm³/mol. The Kier molecular flexibility index (Phi) is 3.22. The molecule has 0 radical (unpaired) electrons. The van der Waals surface area contributed by atoms with Gasteiger partial charge in [0.2, 0.25) is 5.76 Å². The van der Waals surface area contributed by atoms with Crippen LogP contribution in [0.3, 0.4) is 0 Å². The van der Waals surface area contributed by atoms with E-state index in [1.807, 2.05) is 13.8 Å². The number of nitrogens with zero attached hydrogens (tertiary/aromatic N) is 1. The van der Waals surface area contributed by atoms with Crippen molar-refractivity contribution in [3.8, 4) is 0 Å². The first kappa shape index (κ1) is 12.1. The van der Waals surface area contributed by atoms with Gasteiger partial charge in [0.25, 0.3) is 0 Å². The summed E-state index contributed by atoms with van der Waals surface area (Å²) < 4.78 is 5.48. The van der Waals surface area contributed by atoms with Crippen LogP contribution in [-0.4, -0.2) is 16.1 Å². The molecule has 1 aliphatic rings. The monoisotopic (exact) mass is 237 g/mol. The number of carboxylic acids is 1. The van der Waals surface area contributed by atoms with Crippen LogP contribution in [0, 0.1) is 5.92 Å². The lowest BCUT2D eigenvalue weighted by molar-refractivity contribution is 0.0657. The van der Waals surface area contributed by atoms with E-state index in [1.165, 1.54) is 12.8 Å². The minimum absolute atomic E-state index is 0.0223. The summed E-state index contributed by atoms with van der Waals surface area (Å²) in [4.78, 5) is 15.5. The van der Waals surface area contributed by atoms with Crippen molar-refractivity contribution in [1.82, 2.24) is 4.98 Å². The second-order valence-electron chi connectivity index (χ2n) is 5.24. The topological polar surface area (TPSA) is 63.3 Å². The van der Waals surface area contributed by atoms with E-state index in [0.717, 1.165) is 6.42 Å². The van der Waals surface area contributed by atoms with Crippen molar-refractivity contribution in [1.29, 1.82) is 0 Å². The molecule has 1 N–H and O–H groups in total. The van der Waals surface area contributed by atoms with Gasteiger partial charge in [0.1, 0.15) is 0 Å². The van der Waals surface area contributed by atoms with E-state index in [1.54, 1.807) is 0 Å². The number of oxazole rings is 1. The summed E-state index contributed by atoms with van der Waals surface area (Å²) in [5.41, 5.74) is 0.576. The number of aromatic nitrogens is 1. The molecule has 0 aromatic carbocycles. The van der Waals surface area contributed by atoms with Crippen LogP contribution in [0.1, 0.15) is 74.0 Å². The van der Waals surface area contributed by atoms with Gasteiger partial charge in [-0.05, 0) is 24.7 Å². The molecule has 94 valence electrons. The van der Waals surface area contributed by atoms with Gasteiger partial charge in [0.05, 0.1) is 5.69 Å². The highest BCUT2D eigenvalue weighted by Crippen LogP contribution is 2.39. The van der Waals surface area contributed by atoms with E-state index in [9.17, 15) is 4.79 Å². The standard InChI is InChI=1S/C13H19NO3/c1-7(2)10-11(13(15)16)17-12(14-10)9-6-4-5-8(9)3/h7-9H,4-6H2,1-3H3,(H,15,16). The molecular weight excluding hydrogens is 218 g/mol. The molecule has 0 aliphatic heterocycles. The average molecular weight is 237 g/mol. The van der Waals surface area contributed by atoms with Crippen molar-refractivity contribution >= 4 is 5.97 Å². The molecule has 0 saturated heterocycles. The highest BCUT2D eigenvalue weighted by atomic mass is 16.4. The molecule has 4 heteroatoms. The molecule has 0 bridgehead atoms. The number of hydrogen-bond donors (Lipinski definition) is 1. The summed E-state index contributed by atoms with van der Waals surface area (Å²) in [5, 5.41) is 9.10. The largest absolute Gasteiger partial charge is 0.475 e. The molecule has 4 nitrogen and oxygen atoms in total. The van der Waals surface area contributed by atoms with Gasteiger partial charge in [-0.15, -0.1) is 0 Å². The van der Waals surface area contributed by atoms with E-state index in [-0.39, 0.29) is 11.7 Å². The van der Waals surface area contributed by atoms with Crippen LogP contribution >= 0.6 is 0 Å². The Morgan fingerprint density at radius 2 is 2.18 bits per heavy atom.